The van der Waals surface area contributed by atoms with E-state index in [1.54, 1.807) is 9.58 Å². The summed E-state index contributed by atoms with van der Waals surface area (Å²) in [6, 6.07) is 7.89. The highest BCUT2D eigenvalue weighted by Gasteiger charge is 2.58. The van der Waals surface area contributed by atoms with Crippen LogP contribution in [0, 0.1) is 18.8 Å². The van der Waals surface area contributed by atoms with E-state index in [0.717, 1.165) is 16.6 Å². The number of para-hydroxylation sites is 1. The number of fused-ring (bicyclic) bond motifs is 2. The SMILES string of the molecule is Cc1nn(-c2ncc(C(=O)NC3[C@H]4CN(C(=O)C(C)(C)O)C[C@@H]34)cn2)c2ccccc12. The molecule has 3 aromatic rings. The lowest BCUT2D eigenvalue weighted by molar-refractivity contribution is -0.147. The number of piperidine rings is 1. The first-order valence-electron chi connectivity index (χ1n) is 10.3. The smallest absolute Gasteiger partial charge is 0.254 e. The molecule has 160 valence electrons. The molecule has 3 atom stereocenters. The van der Waals surface area contributed by atoms with E-state index in [0.29, 0.717) is 24.6 Å². The van der Waals surface area contributed by atoms with Crippen LogP contribution in [-0.2, 0) is 4.79 Å². The average molecular weight is 420 g/mol. The zero-order valence-electron chi connectivity index (χ0n) is 17.6. The minimum Gasteiger partial charge on any atom is -0.381 e. The van der Waals surface area contributed by atoms with E-state index in [1.807, 2.05) is 31.2 Å². The van der Waals surface area contributed by atoms with Gasteiger partial charge >= 0.3 is 0 Å². The molecule has 5 rings (SSSR count). The molecule has 2 N–H and O–H groups in total. The molecular weight excluding hydrogens is 396 g/mol. The first kappa shape index (κ1) is 19.6. The van der Waals surface area contributed by atoms with Crippen molar-refractivity contribution in [3.05, 3.63) is 47.9 Å². The lowest BCUT2D eigenvalue weighted by Gasteiger charge is -2.26. The molecule has 1 aromatic carbocycles. The Bertz CT molecular complexity index is 1170. The normalized spacial score (nSPS) is 22.5. The Hall–Kier alpha value is -3.33. The maximum atomic E-state index is 12.6. The van der Waals surface area contributed by atoms with Gasteiger partial charge in [-0.25, -0.2) is 9.97 Å². The van der Waals surface area contributed by atoms with Gasteiger partial charge in [0.1, 0.15) is 5.60 Å². The summed E-state index contributed by atoms with van der Waals surface area (Å²) in [7, 11) is 0. The van der Waals surface area contributed by atoms with E-state index < -0.39 is 5.60 Å². The van der Waals surface area contributed by atoms with Gasteiger partial charge in [0.15, 0.2) is 0 Å². The summed E-state index contributed by atoms with van der Waals surface area (Å²) < 4.78 is 1.67. The van der Waals surface area contributed by atoms with Gasteiger partial charge in [0, 0.05) is 48.7 Å². The molecule has 3 heterocycles. The Morgan fingerprint density at radius 3 is 2.42 bits per heavy atom. The summed E-state index contributed by atoms with van der Waals surface area (Å²) in [5, 5.41) is 18.5. The minimum atomic E-state index is -1.37. The number of carbonyl (C=O) groups excluding carboxylic acids is 2. The highest BCUT2D eigenvalue weighted by molar-refractivity contribution is 5.94. The standard InChI is InChI=1S/C22H24N6O3/c1-12-14-6-4-5-7-17(14)28(26-12)21-23-8-13(9-24-21)19(29)25-18-15-10-27(11-16(15)18)20(30)22(2,3)31/h4-9,15-16,18,31H,10-11H2,1-3H3,(H,25,29)/t15-,16+,18?. The van der Waals surface area contributed by atoms with Gasteiger partial charge in [-0.3, -0.25) is 9.59 Å². The van der Waals surface area contributed by atoms with Crippen LogP contribution < -0.4 is 5.32 Å². The number of carbonyl (C=O) groups is 2. The molecule has 2 amide bonds. The Balaban J connectivity index is 1.24. The van der Waals surface area contributed by atoms with Gasteiger partial charge in [-0.15, -0.1) is 0 Å². The highest BCUT2D eigenvalue weighted by atomic mass is 16.3. The van der Waals surface area contributed by atoms with Crippen LogP contribution in [0.25, 0.3) is 16.9 Å². The van der Waals surface area contributed by atoms with E-state index in [-0.39, 0.29) is 29.7 Å². The number of aliphatic hydroxyl groups is 1. The molecule has 2 aromatic heterocycles. The summed E-state index contributed by atoms with van der Waals surface area (Å²) >= 11 is 0. The Kier molecular flexibility index (Phi) is 4.33. The molecule has 9 heteroatoms. The second kappa shape index (κ2) is 6.84. The molecule has 1 saturated carbocycles. The van der Waals surface area contributed by atoms with Crippen LogP contribution in [0.5, 0.6) is 0 Å². The lowest BCUT2D eigenvalue weighted by atomic mass is 10.1. The van der Waals surface area contributed by atoms with Gasteiger partial charge in [0.05, 0.1) is 16.8 Å². The van der Waals surface area contributed by atoms with Crippen molar-refractivity contribution in [2.24, 2.45) is 11.8 Å². The number of amides is 2. The molecule has 1 unspecified atom stereocenters. The second-order valence-corrected chi connectivity index (χ2v) is 8.88. The second-order valence-electron chi connectivity index (χ2n) is 8.88. The van der Waals surface area contributed by atoms with E-state index in [9.17, 15) is 14.7 Å². The van der Waals surface area contributed by atoms with E-state index in [4.69, 9.17) is 0 Å². The van der Waals surface area contributed by atoms with Crippen molar-refractivity contribution < 1.29 is 14.7 Å². The predicted molar refractivity (Wildman–Crippen MR) is 113 cm³/mol. The number of hydrogen-bond donors (Lipinski definition) is 2. The molecule has 1 aliphatic heterocycles. The van der Waals surface area contributed by atoms with Crippen molar-refractivity contribution >= 4 is 22.7 Å². The van der Waals surface area contributed by atoms with Gasteiger partial charge in [-0.05, 0) is 26.8 Å². The molecule has 0 spiro atoms. The molecule has 31 heavy (non-hydrogen) atoms. The van der Waals surface area contributed by atoms with Crippen LogP contribution in [0.1, 0.15) is 29.9 Å². The number of aromatic nitrogens is 4. The highest BCUT2D eigenvalue weighted by Crippen LogP contribution is 2.46. The van der Waals surface area contributed by atoms with E-state index >= 15 is 0 Å². The predicted octanol–water partition coefficient (Wildman–Crippen LogP) is 1.08. The van der Waals surface area contributed by atoms with Gasteiger partial charge < -0.3 is 15.3 Å². The third-order valence-electron chi connectivity index (χ3n) is 6.16. The number of likely N-dealkylation sites (tertiary alicyclic amines) is 1. The number of rotatable bonds is 4. The number of hydrogen-bond acceptors (Lipinski definition) is 6. The number of nitrogens with zero attached hydrogens (tertiary/aromatic N) is 5. The van der Waals surface area contributed by atoms with Crippen molar-refractivity contribution in [3.63, 3.8) is 0 Å². The minimum absolute atomic E-state index is 0.0377. The van der Waals surface area contributed by atoms with Crippen LogP contribution >= 0.6 is 0 Å². The van der Waals surface area contributed by atoms with Crippen molar-refractivity contribution in [3.8, 4) is 5.95 Å². The maximum absolute atomic E-state index is 12.6. The summed E-state index contributed by atoms with van der Waals surface area (Å²) in [6.07, 6.45) is 3.01. The largest absolute Gasteiger partial charge is 0.381 e. The Labute approximate surface area is 179 Å². The first-order chi connectivity index (χ1) is 14.7. The Morgan fingerprint density at radius 1 is 1.13 bits per heavy atom. The third kappa shape index (κ3) is 3.34. The van der Waals surface area contributed by atoms with Crippen LogP contribution in [0.15, 0.2) is 36.7 Å². The zero-order valence-corrected chi connectivity index (χ0v) is 17.6. The van der Waals surface area contributed by atoms with Crippen molar-refractivity contribution in [2.45, 2.75) is 32.4 Å². The number of aryl methyl sites for hydroxylation is 1. The molecule has 1 aliphatic carbocycles. The van der Waals surface area contributed by atoms with Crippen molar-refractivity contribution in [1.29, 1.82) is 0 Å². The number of nitrogens with one attached hydrogen (secondary N) is 1. The van der Waals surface area contributed by atoms with Crippen LogP contribution in [0.3, 0.4) is 0 Å². The number of benzene rings is 1. The van der Waals surface area contributed by atoms with Gasteiger partial charge in [0.25, 0.3) is 17.8 Å². The molecular formula is C22H24N6O3. The van der Waals surface area contributed by atoms with Crippen LogP contribution in [-0.4, -0.2) is 66.3 Å². The van der Waals surface area contributed by atoms with Crippen molar-refractivity contribution in [1.82, 2.24) is 30.0 Å². The molecule has 0 bridgehead atoms. The lowest BCUT2D eigenvalue weighted by Crippen LogP contribution is -2.46. The maximum Gasteiger partial charge on any atom is 0.254 e. The first-order valence-corrected chi connectivity index (χ1v) is 10.3. The molecule has 0 radical (unpaired) electrons. The average Bonchev–Trinajstić information content (AvgIpc) is 3.08. The van der Waals surface area contributed by atoms with Crippen LogP contribution in [0.2, 0.25) is 0 Å². The Morgan fingerprint density at radius 2 is 1.77 bits per heavy atom. The molecule has 1 saturated heterocycles. The summed E-state index contributed by atoms with van der Waals surface area (Å²) in [4.78, 5) is 35.2. The monoisotopic (exact) mass is 420 g/mol. The fourth-order valence-corrected chi connectivity index (χ4v) is 4.45. The van der Waals surface area contributed by atoms with E-state index in [2.05, 4.69) is 20.4 Å². The summed E-state index contributed by atoms with van der Waals surface area (Å²) in [5.74, 6) is 0.371. The van der Waals surface area contributed by atoms with E-state index in [1.165, 1.54) is 26.2 Å². The van der Waals surface area contributed by atoms with Gasteiger partial charge in [-0.2, -0.15) is 9.78 Å². The molecule has 9 nitrogen and oxygen atoms in total. The third-order valence-corrected chi connectivity index (χ3v) is 6.16. The summed E-state index contributed by atoms with van der Waals surface area (Å²) in [6.45, 7) is 6.04. The quantitative estimate of drug-likeness (QED) is 0.653. The molecule has 2 aliphatic rings. The summed E-state index contributed by atoms with van der Waals surface area (Å²) in [5.41, 5.74) is 0.811. The topological polar surface area (TPSA) is 113 Å². The van der Waals surface area contributed by atoms with Crippen molar-refractivity contribution in [2.75, 3.05) is 13.1 Å². The fourth-order valence-electron chi connectivity index (χ4n) is 4.45. The van der Waals surface area contributed by atoms with Crippen LogP contribution in [0.4, 0.5) is 0 Å². The fraction of sp³-hybridized carbons (Fsp3) is 0.409. The van der Waals surface area contributed by atoms with Gasteiger partial charge in [-0.1, -0.05) is 18.2 Å². The van der Waals surface area contributed by atoms with Gasteiger partial charge in [0.2, 0.25) is 0 Å². The molecule has 2 fully saturated rings. The zero-order chi connectivity index (χ0) is 21.9.